The van der Waals surface area contributed by atoms with Crippen molar-refractivity contribution < 1.29 is 9.18 Å². The first kappa shape index (κ1) is 6.92. The summed E-state index contributed by atoms with van der Waals surface area (Å²) in [6.45, 7) is 1.34. The Labute approximate surface area is 57.5 Å². The van der Waals surface area contributed by atoms with Gasteiger partial charge in [0.25, 0.3) is 0 Å². The van der Waals surface area contributed by atoms with Crippen molar-refractivity contribution in [3.8, 4) is 0 Å². The second-order valence-corrected chi connectivity index (χ2v) is 1.88. The number of hydrogen-bond donors (Lipinski definition) is 0. The molecule has 1 heterocycles. The third kappa shape index (κ3) is 1.05. The Morgan fingerprint density at radius 3 is 3.00 bits per heavy atom. The number of imidazole rings is 1. The number of alkyl halides is 1. The van der Waals surface area contributed by atoms with E-state index in [2.05, 4.69) is 4.98 Å². The summed E-state index contributed by atoms with van der Waals surface area (Å²) in [5, 5.41) is 0. The van der Waals surface area contributed by atoms with E-state index >= 15 is 0 Å². The van der Waals surface area contributed by atoms with E-state index in [1.807, 2.05) is 0 Å². The number of carbonyl (C=O) groups excluding carboxylic acids is 1. The number of aromatic nitrogens is 2. The lowest BCUT2D eigenvalue weighted by molar-refractivity contribution is 0.110. The Hall–Kier alpha value is -1.19. The molecule has 0 radical (unpaired) electrons. The van der Waals surface area contributed by atoms with Gasteiger partial charge in [-0.1, -0.05) is 0 Å². The van der Waals surface area contributed by atoms with Crippen molar-refractivity contribution in [3.63, 3.8) is 0 Å². The molecule has 1 aromatic rings. The summed E-state index contributed by atoms with van der Waals surface area (Å²) in [6.07, 6.45) is 2.15. The maximum atomic E-state index is 12.5. The second kappa shape index (κ2) is 2.60. The predicted octanol–water partition coefficient (Wildman–Crippen LogP) is 1.18. The number of hydrogen-bond acceptors (Lipinski definition) is 2. The highest BCUT2D eigenvalue weighted by atomic mass is 19.1. The molecule has 0 bridgehead atoms. The molecule has 1 unspecified atom stereocenters. The van der Waals surface area contributed by atoms with Gasteiger partial charge in [-0.3, -0.25) is 9.36 Å². The van der Waals surface area contributed by atoms with Crippen molar-refractivity contribution in [2.45, 2.75) is 13.2 Å². The molecule has 10 heavy (non-hydrogen) atoms. The fourth-order valence-electron chi connectivity index (χ4n) is 0.717. The van der Waals surface area contributed by atoms with E-state index in [0.29, 0.717) is 6.29 Å². The molecule has 3 nitrogen and oxygen atoms in total. The van der Waals surface area contributed by atoms with E-state index in [1.165, 1.54) is 19.3 Å². The average Bonchev–Trinajstić information content (AvgIpc) is 2.33. The van der Waals surface area contributed by atoms with Crippen LogP contribution in [0.4, 0.5) is 4.39 Å². The highest BCUT2D eigenvalue weighted by molar-refractivity contribution is 5.69. The SMILES string of the molecule is CC(F)n1ccnc1C=O. The quantitative estimate of drug-likeness (QED) is 0.581. The Morgan fingerprint density at radius 2 is 2.60 bits per heavy atom. The number of halogens is 1. The fourth-order valence-corrected chi connectivity index (χ4v) is 0.717. The van der Waals surface area contributed by atoms with Gasteiger partial charge in [0.2, 0.25) is 0 Å². The van der Waals surface area contributed by atoms with Gasteiger partial charge in [0, 0.05) is 12.4 Å². The summed E-state index contributed by atoms with van der Waals surface area (Å²) in [5.74, 6) is 0.120. The topological polar surface area (TPSA) is 34.9 Å². The van der Waals surface area contributed by atoms with E-state index in [-0.39, 0.29) is 5.82 Å². The fraction of sp³-hybridized carbons (Fsp3) is 0.333. The lowest BCUT2D eigenvalue weighted by atomic mass is 10.6. The first-order chi connectivity index (χ1) is 4.75. The van der Waals surface area contributed by atoms with Crippen molar-refractivity contribution >= 4 is 6.29 Å². The van der Waals surface area contributed by atoms with Gasteiger partial charge in [-0.25, -0.2) is 9.37 Å². The number of nitrogens with zero attached hydrogens (tertiary/aromatic N) is 2. The van der Waals surface area contributed by atoms with Crippen LogP contribution in [-0.2, 0) is 0 Å². The normalized spacial score (nSPS) is 13.0. The maximum Gasteiger partial charge on any atom is 0.185 e. The van der Waals surface area contributed by atoms with Gasteiger partial charge < -0.3 is 0 Å². The van der Waals surface area contributed by atoms with Gasteiger partial charge in [0.15, 0.2) is 18.4 Å². The standard InChI is InChI=1S/C6H7FN2O/c1-5(7)9-3-2-8-6(9)4-10/h2-5H,1H3. The minimum atomic E-state index is -1.19. The molecular weight excluding hydrogens is 135 g/mol. The summed E-state index contributed by atoms with van der Waals surface area (Å²) < 4.78 is 13.6. The minimum absolute atomic E-state index is 0.120. The number of aldehydes is 1. The van der Waals surface area contributed by atoms with Crippen LogP contribution in [0.1, 0.15) is 23.8 Å². The van der Waals surface area contributed by atoms with Crippen LogP contribution in [0.15, 0.2) is 12.4 Å². The Morgan fingerprint density at radius 1 is 1.90 bits per heavy atom. The van der Waals surface area contributed by atoms with Gasteiger partial charge in [0.05, 0.1) is 0 Å². The summed E-state index contributed by atoms with van der Waals surface area (Å²) in [6, 6.07) is 0. The molecule has 0 aliphatic carbocycles. The largest absolute Gasteiger partial charge is 0.298 e. The van der Waals surface area contributed by atoms with Crippen molar-refractivity contribution in [2.75, 3.05) is 0 Å². The molecule has 54 valence electrons. The molecule has 4 heteroatoms. The lowest BCUT2D eigenvalue weighted by Crippen LogP contribution is -2.02. The Bertz CT molecular complexity index is 231. The van der Waals surface area contributed by atoms with Gasteiger partial charge in [-0.15, -0.1) is 0 Å². The van der Waals surface area contributed by atoms with Crippen LogP contribution in [0.2, 0.25) is 0 Å². The van der Waals surface area contributed by atoms with E-state index in [1.54, 1.807) is 0 Å². The maximum absolute atomic E-state index is 12.5. The summed E-state index contributed by atoms with van der Waals surface area (Å²) >= 11 is 0. The van der Waals surface area contributed by atoms with Crippen LogP contribution in [0.25, 0.3) is 0 Å². The molecule has 0 N–H and O–H groups in total. The highest BCUT2D eigenvalue weighted by Crippen LogP contribution is 2.07. The molecule has 1 rings (SSSR count). The molecule has 0 saturated heterocycles. The first-order valence-electron chi connectivity index (χ1n) is 2.88. The molecule has 1 aromatic heterocycles. The monoisotopic (exact) mass is 142 g/mol. The smallest absolute Gasteiger partial charge is 0.185 e. The van der Waals surface area contributed by atoms with Crippen LogP contribution < -0.4 is 0 Å². The van der Waals surface area contributed by atoms with E-state index in [4.69, 9.17) is 0 Å². The Kier molecular flexibility index (Phi) is 1.80. The number of rotatable bonds is 2. The van der Waals surface area contributed by atoms with Gasteiger partial charge in [0.1, 0.15) is 0 Å². The molecule has 0 aliphatic heterocycles. The zero-order valence-electron chi connectivity index (χ0n) is 5.49. The van der Waals surface area contributed by atoms with Crippen molar-refractivity contribution in [1.29, 1.82) is 0 Å². The molecule has 0 fully saturated rings. The second-order valence-electron chi connectivity index (χ2n) is 1.88. The molecule has 0 spiro atoms. The van der Waals surface area contributed by atoms with E-state index in [9.17, 15) is 9.18 Å². The minimum Gasteiger partial charge on any atom is -0.298 e. The van der Waals surface area contributed by atoms with Crippen LogP contribution in [0, 0.1) is 0 Å². The van der Waals surface area contributed by atoms with Gasteiger partial charge in [-0.05, 0) is 6.92 Å². The summed E-state index contributed by atoms with van der Waals surface area (Å²) in [5.41, 5.74) is 0. The van der Waals surface area contributed by atoms with E-state index < -0.39 is 6.30 Å². The summed E-state index contributed by atoms with van der Waals surface area (Å²) in [7, 11) is 0. The van der Waals surface area contributed by atoms with Gasteiger partial charge in [-0.2, -0.15) is 0 Å². The van der Waals surface area contributed by atoms with Crippen molar-refractivity contribution in [3.05, 3.63) is 18.2 Å². The van der Waals surface area contributed by atoms with Crippen LogP contribution >= 0.6 is 0 Å². The zero-order chi connectivity index (χ0) is 7.56. The number of carbonyl (C=O) groups is 1. The lowest BCUT2D eigenvalue weighted by Gasteiger charge is -2.02. The molecular formula is C6H7FN2O. The average molecular weight is 142 g/mol. The van der Waals surface area contributed by atoms with Crippen LogP contribution in [0.5, 0.6) is 0 Å². The Balaban J connectivity index is 3.01. The van der Waals surface area contributed by atoms with E-state index in [0.717, 1.165) is 4.57 Å². The zero-order valence-corrected chi connectivity index (χ0v) is 5.49. The van der Waals surface area contributed by atoms with Crippen LogP contribution in [0.3, 0.4) is 0 Å². The van der Waals surface area contributed by atoms with Crippen molar-refractivity contribution in [1.82, 2.24) is 9.55 Å². The third-order valence-electron chi connectivity index (χ3n) is 1.19. The molecule has 0 amide bonds. The molecule has 0 aromatic carbocycles. The summed E-state index contributed by atoms with van der Waals surface area (Å²) in [4.78, 5) is 13.8. The van der Waals surface area contributed by atoms with Crippen molar-refractivity contribution in [2.24, 2.45) is 0 Å². The predicted molar refractivity (Wildman–Crippen MR) is 33.4 cm³/mol. The molecule has 0 aliphatic rings. The highest BCUT2D eigenvalue weighted by Gasteiger charge is 2.05. The van der Waals surface area contributed by atoms with Crippen LogP contribution in [-0.4, -0.2) is 15.8 Å². The molecule has 1 atom stereocenters. The third-order valence-corrected chi connectivity index (χ3v) is 1.19. The molecule has 0 saturated carbocycles. The first-order valence-corrected chi connectivity index (χ1v) is 2.88. The van der Waals surface area contributed by atoms with Gasteiger partial charge >= 0.3 is 0 Å².